The zero-order valence-corrected chi connectivity index (χ0v) is 18.5. The number of hydrogen-bond acceptors (Lipinski definition) is 4. The third-order valence-corrected chi connectivity index (χ3v) is 5.55. The molecule has 0 bridgehead atoms. The maximum absolute atomic E-state index is 12.5. The third-order valence-electron chi connectivity index (χ3n) is 5.55. The number of Topliss-reactive ketones (excluding diaryl/α,β-unsaturated/α-hetero) is 1. The molecule has 0 unspecified atom stereocenters. The van der Waals surface area contributed by atoms with E-state index in [4.69, 9.17) is 9.47 Å². The molecule has 0 saturated heterocycles. The molecular formula is C29H26O4. The molecule has 0 saturated carbocycles. The van der Waals surface area contributed by atoms with Gasteiger partial charge in [-0.25, -0.2) is 0 Å². The summed E-state index contributed by atoms with van der Waals surface area (Å²) in [5, 5.41) is 11.4. The quantitative estimate of drug-likeness (QED) is 0.366. The average molecular weight is 439 g/mol. The van der Waals surface area contributed by atoms with Crippen molar-refractivity contribution in [3.8, 4) is 11.5 Å². The van der Waals surface area contributed by atoms with Crippen molar-refractivity contribution in [1.29, 1.82) is 0 Å². The average Bonchev–Trinajstić information content (AvgIpc) is 2.87. The van der Waals surface area contributed by atoms with Gasteiger partial charge in [-0.3, -0.25) is 4.79 Å². The second-order valence-electron chi connectivity index (χ2n) is 7.86. The van der Waals surface area contributed by atoms with Crippen molar-refractivity contribution in [2.45, 2.75) is 25.7 Å². The predicted molar refractivity (Wildman–Crippen MR) is 128 cm³/mol. The number of carbonyl (C=O) groups excluding carboxylic acids is 1. The van der Waals surface area contributed by atoms with Gasteiger partial charge in [0.05, 0.1) is 0 Å². The molecule has 0 amide bonds. The Bertz CT molecular complexity index is 1080. The number of hydrogen-bond donors (Lipinski definition) is 1. The van der Waals surface area contributed by atoms with E-state index in [1.165, 1.54) is 6.92 Å². The zero-order chi connectivity index (χ0) is 23.1. The summed E-state index contributed by atoms with van der Waals surface area (Å²) in [6.07, 6.45) is 0. The minimum absolute atomic E-state index is 0.363. The van der Waals surface area contributed by atoms with Crippen molar-refractivity contribution < 1.29 is 19.4 Å². The molecule has 0 fully saturated rings. The standard InChI is InChI=1S/C29H26O4/c1-22(30)29(31,25-12-16-27(17-13-25)32-20-23-8-4-2-5-9-23)26-14-18-28(19-15-26)33-21-24-10-6-3-7-11-24/h2-19,31H,20-21H2,1H3. The van der Waals surface area contributed by atoms with Gasteiger partial charge in [0.15, 0.2) is 11.4 Å². The summed E-state index contributed by atoms with van der Waals surface area (Å²) in [6, 6.07) is 33.7. The van der Waals surface area contributed by atoms with Crippen LogP contribution in [0.1, 0.15) is 29.2 Å². The molecule has 0 aromatic heterocycles. The van der Waals surface area contributed by atoms with Gasteiger partial charge in [-0.1, -0.05) is 84.9 Å². The van der Waals surface area contributed by atoms with Gasteiger partial charge in [0, 0.05) is 0 Å². The topological polar surface area (TPSA) is 55.8 Å². The van der Waals surface area contributed by atoms with Crippen LogP contribution in [-0.2, 0) is 23.6 Å². The van der Waals surface area contributed by atoms with Crippen molar-refractivity contribution in [2.75, 3.05) is 0 Å². The summed E-state index contributed by atoms with van der Waals surface area (Å²) in [5.41, 5.74) is 1.35. The number of carbonyl (C=O) groups is 1. The van der Waals surface area contributed by atoms with E-state index >= 15 is 0 Å². The van der Waals surface area contributed by atoms with Gasteiger partial charge < -0.3 is 14.6 Å². The van der Waals surface area contributed by atoms with Crippen LogP contribution < -0.4 is 9.47 Å². The van der Waals surface area contributed by atoms with Crippen LogP contribution in [-0.4, -0.2) is 10.9 Å². The van der Waals surface area contributed by atoms with Crippen LogP contribution in [0.2, 0.25) is 0 Å². The van der Waals surface area contributed by atoms with Gasteiger partial charge in [0.2, 0.25) is 0 Å². The molecule has 4 nitrogen and oxygen atoms in total. The van der Waals surface area contributed by atoms with E-state index in [1.54, 1.807) is 48.5 Å². The molecule has 4 aromatic carbocycles. The van der Waals surface area contributed by atoms with Crippen LogP contribution in [0.4, 0.5) is 0 Å². The fourth-order valence-corrected chi connectivity index (χ4v) is 3.64. The summed E-state index contributed by atoms with van der Waals surface area (Å²) in [7, 11) is 0. The highest BCUT2D eigenvalue weighted by Gasteiger charge is 2.36. The SMILES string of the molecule is CC(=O)C(O)(c1ccc(OCc2ccccc2)cc1)c1ccc(OCc2ccccc2)cc1. The van der Waals surface area contributed by atoms with Gasteiger partial charge in [0.1, 0.15) is 24.7 Å². The van der Waals surface area contributed by atoms with Crippen molar-refractivity contribution in [1.82, 2.24) is 0 Å². The van der Waals surface area contributed by atoms with Crippen molar-refractivity contribution in [3.63, 3.8) is 0 Å². The van der Waals surface area contributed by atoms with Crippen LogP contribution >= 0.6 is 0 Å². The smallest absolute Gasteiger partial charge is 0.173 e. The molecule has 4 aromatic rings. The summed E-state index contributed by atoms with van der Waals surface area (Å²) in [6.45, 7) is 2.28. The number of aliphatic hydroxyl groups is 1. The van der Waals surface area contributed by atoms with Gasteiger partial charge in [-0.15, -0.1) is 0 Å². The first-order chi connectivity index (χ1) is 16.1. The first-order valence-electron chi connectivity index (χ1n) is 10.8. The molecule has 1 N–H and O–H groups in total. The molecule has 0 aliphatic heterocycles. The Labute approximate surface area is 194 Å². The van der Waals surface area contributed by atoms with Crippen LogP contribution in [0, 0.1) is 0 Å². The molecule has 0 spiro atoms. The monoisotopic (exact) mass is 438 g/mol. The maximum atomic E-state index is 12.5. The van der Waals surface area contributed by atoms with Crippen molar-refractivity contribution >= 4 is 5.78 Å². The lowest BCUT2D eigenvalue weighted by Crippen LogP contribution is -2.35. The van der Waals surface area contributed by atoms with Gasteiger partial charge in [0.25, 0.3) is 0 Å². The number of benzene rings is 4. The van der Waals surface area contributed by atoms with E-state index in [0.29, 0.717) is 35.8 Å². The second-order valence-corrected chi connectivity index (χ2v) is 7.86. The van der Waals surface area contributed by atoms with E-state index in [9.17, 15) is 9.90 Å². The third kappa shape index (κ3) is 5.30. The number of ether oxygens (including phenoxy) is 2. The second kappa shape index (κ2) is 10.2. The fraction of sp³-hybridized carbons (Fsp3) is 0.138. The Morgan fingerprint density at radius 2 is 1.00 bits per heavy atom. The molecule has 0 atom stereocenters. The molecule has 33 heavy (non-hydrogen) atoms. The molecule has 4 heteroatoms. The molecule has 166 valence electrons. The van der Waals surface area contributed by atoms with Crippen LogP contribution in [0.5, 0.6) is 11.5 Å². The Hall–Kier alpha value is -3.89. The lowest BCUT2D eigenvalue weighted by molar-refractivity contribution is -0.132. The molecular weight excluding hydrogens is 412 g/mol. The van der Waals surface area contributed by atoms with Gasteiger partial charge in [-0.05, 0) is 53.4 Å². The van der Waals surface area contributed by atoms with Crippen LogP contribution in [0.25, 0.3) is 0 Å². The highest BCUT2D eigenvalue weighted by atomic mass is 16.5. The van der Waals surface area contributed by atoms with E-state index in [1.807, 2.05) is 60.7 Å². The molecule has 0 radical (unpaired) electrons. The van der Waals surface area contributed by atoms with Gasteiger partial charge >= 0.3 is 0 Å². The fourth-order valence-electron chi connectivity index (χ4n) is 3.64. The van der Waals surface area contributed by atoms with Gasteiger partial charge in [-0.2, -0.15) is 0 Å². The Morgan fingerprint density at radius 1 is 0.636 bits per heavy atom. The lowest BCUT2D eigenvalue weighted by atomic mass is 9.83. The van der Waals surface area contributed by atoms with E-state index in [-0.39, 0.29) is 5.78 Å². The predicted octanol–water partition coefficient (Wildman–Crippen LogP) is 5.67. The largest absolute Gasteiger partial charge is 0.489 e. The minimum atomic E-state index is -1.75. The minimum Gasteiger partial charge on any atom is -0.489 e. The maximum Gasteiger partial charge on any atom is 0.173 e. The first kappa shape index (κ1) is 22.3. The number of rotatable bonds is 9. The lowest BCUT2D eigenvalue weighted by Gasteiger charge is -2.27. The highest BCUT2D eigenvalue weighted by molar-refractivity contribution is 5.90. The highest BCUT2D eigenvalue weighted by Crippen LogP contribution is 2.33. The molecule has 0 aliphatic rings. The molecule has 0 aliphatic carbocycles. The van der Waals surface area contributed by atoms with E-state index in [2.05, 4.69) is 0 Å². The Kier molecular flexibility index (Phi) is 6.86. The Morgan fingerprint density at radius 3 is 1.33 bits per heavy atom. The summed E-state index contributed by atoms with van der Waals surface area (Å²) in [4.78, 5) is 12.5. The first-order valence-corrected chi connectivity index (χ1v) is 10.8. The molecule has 4 rings (SSSR count). The van der Waals surface area contributed by atoms with E-state index < -0.39 is 5.60 Å². The van der Waals surface area contributed by atoms with Crippen LogP contribution in [0.15, 0.2) is 109 Å². The summed E-state index contributed by atoms with van der Waals surface area (Å²) < 4.78 is 11.6. The number of ketones is 1. The zero-order valence-electron chi connectivity index (χ0n) is 18.5. The summed E-state index contributed by atoms with van der Waals surface area (Å²) in [5.74, 6) is 0.967. The summed E-state index contributed by atoms with van der Waals surface area (Å²) >= 11 is 0. The van der Waals surface area contributed by atoms with Crippen molar-refractivity contribution in [3.05, 3.63) is 131 Å². The van der Waals surface area contributed by atoms with Crippen molar-refractivity contribution in [2.24, 2.45) is 0 Å². The molecule has 0 heterocycles. The normalized spacial score (nSPS) is 11.1. The van der Waals surface area contributed by atoms with E-state index in [0.717, 1.165) is 11.1 Å². The Balaban J connectivity index is 1.47. The van der Waals surface area contributed by atoms with Crippen LogP contribution in [0.3, 0.4) is 0 Å².